The Morgan fingerprint density at radius 2 is 2.00 bits per heavy atom. The van der Waals surface area contributed by atoms with Crippen molar-refractivity contribution < 1.29 is 14.3 Å². The Morgan fingerprint density at radius 1 is 1.27 bits per heavy atom. The summed E-state index contributed by atoms with van der Waals surface area (Å²) in [7, 11) is 0. The van der Waals surface area contributed by atoms with Crippen LogP contribution in [0.3, 0.4) is 0 Å². The molecule has 1 aromatic rings. The van der Waals surface area contributed by atoms with E-state index in [9.17, 15) is 9.59 Å². The molecule has 1 aromatic carbocycles. The molecule has 0 unspecified atom stereocenters. The van der Waals surface area contributed by atoms with Gasteiger partial charge in [0, 0.05) is 5.92 Å². The molecule has 0 heterocycles. The number of unbranched alkanes of at least 4 members (excludes halogenated alkanes) is 1. The number of esters is 1. The molecule has 0 saturated carbocycles. The summed E-state index contributed by atoms with van der Waals surface area (Å²) in [5.41, 5.74) is 0.829. The highest BCUT2D eigenvalue weighted by Gasteiger charge is 2.18. The van der Waals surface area contributed by atoms with Crippen LogP contribution in [-0.4, -0.2) is 18.5 Å². The Morgan fingerprint density at radius 3 is 2.59 bits per heavy atom. The molecule has 0 aliphatic heterocycles. The van der Waals surface area contributed by atoms with Gasteiger partial charge in [-0.15, -0.1) is 0 Å². The maximum absolute atomic E-state index is 12.3. The number of carbonyl (C=O) groups is 2. The van der Waals surface area contributed by atoms with Gasteiger partial charge in [-0.05, 0) is 38.0 Å². The molecule has 0 aliphatic carbocycles. The zero-order chi connectivity index (χ0) is 16.5. The third-order valence-corrected chi connectivity index (χ3v) is 3.83. The fourth-order valence-electron chi connectivity index (χ4n) is 2.17. The van der Waals surface area contributed by atoms with Crippen LogP contribution >= 0.6 is 11.6 Å². The maximum atomic E-state index is 12.3. The molecular formula is C17H24ClNO3. The van der Waals surface area contributed by atoms with Crippen LogP contribution in [0, 0.1) is 5.92 Å². The average Bonchev–Trinajstić information content (AvgIpc) is 2.50. The molecule has 1 rings (SSSR count). The molecule has 1 N–H and O–H groups in total. The molecule has 0 aliphatic rings. The van der Waals surface area contributed by atoms with Gasteiger partial charge in [0.15, 0.2) is 0 Å². The van der Waals surface area contributed by atoms with Crippen LogP contribution in [0.2, 0.25) is 5.02 Å². The molecule has 0 aromatic heterocycles. The molecule has 0 fully saturated rings. The molecule has 0 bridgehead atoms. The number of hydrogen-bond donors (Lipinski definition) is 1. The van der Waals surface area contributed by atoms with E-state index < -0.39 is 5.97 Å². The second-order valence-electron chi connectivity index (χ2n) is 5.15. The van der Waals surface area contributed by atoms with Gasteiger partial charge in [-0.2, -0.15) is 0 Å². The standard InChI is InChI=1S/C17H24ClNO3/c1-4-7-8-12(5-2)16(20)19-15-11-13(9-10-14(15)18)17(21)22-6-3/h9-12H,4-8H2,1-3H3,(H,19,20)/t12-/m1/s1. The first-order valence-corrected chi connectivity index (χ1v) is 8.18. The van der Waals surface area contributed by atoms with Crippen LogP contribution in [0.25, 0.3) is 0 Å². The van der Waals surface area contributed by atoms with Crippen LogP contribution in [0.1, 0.15) is 56.8 Å². The lowest BCUT2D eigenvalue weighted by Gasteiger charge is -2.16. The van der Waals surface area contributed by atoms with Gasteiger partial charge < -0.3 is 10.1 Å². The van der Waals surface area contributed by atoms with E-state index in [0.29, 0.717) is 22.9 Å². The maximum Gasteiger partial charge on any atom is 0.338 e. The number of anilines is 1. The third kappa shape index (κ3) is 5.34. The van der Waals surface area contributed by atoms with Crippen LogP contribution in [0.4, 0.5) is 5.69 Å². The van der Waals surface area contributed by atoms with E-state index in [1.54, 1.807) is 25.1 Å². The predicted molar refractivity (Wildman–Crippen MR) is 89.3 cm³/mol. The van der Waals surface area contributed by atoms with E-state index in [1.807, 2.05) is 6.92 Å². The zero-order valence-electron chi connectivity index (χ0n) is 13.4. The van der Waals surface area contributed by atoms with Gasteiger partial charge in [0.1, 0.15) is 0 Å². The van der Waals surface area contributed by atoms with Crippen molar-refractivity contribution in [1.82, 2.24) is 0 Å². The smallest absolute Gasteiger partial charge is 0.338 e. The lowest BCUT2D eigenvalue weighted by molar-refractivity contribution is -0.120. The lowest BCUT2D eigenvalue weighted by atomic mass is 9.98. The van der Waals surface area contributed by atoms with Crippen LogP contribution < -0.4 is 5.32 Å². The Balaban J connectivity index is 2.85. The monoisotopic (exact) mass is 325 g/mol. The van der Waals surface area contributed by atoms with Crippen molar-refractivity contribution in [2.45, 2.75) is 46.5 Å². The average molecular weight is 326 g/mol. The zero-order valence-corrected chi connectivity index (χ0v) is 14.2. The number of nitrogens with one attached hydrogen (secondary N) is 1. The highest BCUT2D eigenvalue weighted by Crippen LogP contribution is 2.25. The Labute approximate surface area is 137 Å². The molecule has 1 atom stereocenters. The van der Waals surface area contributed by atoms with E-state index >= 15 is 0 Å². The van der Waals surface area contributed by atoms with Gasteiger partial charge in [0.05, 0.1) is 22.9 Å². The van der Waals surface area contributed by atoms with Gasteiger partial charge >= 0.3 is 5.97 Å². The minimum absolute atomic E-state index is 0.0396. The summed E-state index contributed by atoms with van der Waals surface area (Å²) in [4.78, 5) is 24.1. The largest absolute Gasteiger partial charge is 0.462 e. The molecular weight excluding hydrogens is 302 g/mol. The Hall–Kier alpha value is -1.55. The normalized spacial score (nSPS) is 11.8. The predicted octanol–water partition coefficient (Wildman–Crippen LogP) is 4.67. The molecule has 0 spiro atoms. The van der Waals surface area contributed by atoms with Gasteiger partial charge in [0.2, 0.25) is 5.91 Å². The van der Waals surface area contributed by atoms with Crippen molar-refractivity contribution >= 4 is 29.2 Å². The van der Waals surface area contributed by atoms with Crippen molar-refractivity contribution in [2.24, 2.45) is 5.92 Å². The molecule has 22 heavy (non-hydrogen) atoms. The highest BCUT2D eigenvalue weighted by atomic mass is 35.5. The fraction of sp³-hybridized carbons (Fsp3) is 0.529. The van der Waals surface area contributed by atoms with Crippen molar-refractivity contribution in [2.75, 3.05) is 11.9 Å². The Bertz CT molecular complexity index is 517. The number of benzene rings is 1. The summed E-state index contributed by atoms with van der Waals surface area (Å²) in [5, 5.41) is 3.24. The number of carbonyl (C=O) groups excluding carboxylic acids is 2. The number of amides is 1. The minimum Gasteiger partial charge on any atom is -0.462 e. The third-order valence-electron chi connectivity index (χ3n) is 3.51. The molecule has 122 valence electrons. The number of hydrogen-bond acceptors (Lipinski definition) is 3. The van der Waals surface area contributed by atoms with Gasteiger partial charge in [-0.1, -0.05) is 38.3 Å². The topological polar surface area (TPSA) is 55.4 Å². The molecule has 4 nitrogen and oxygen atoms in total. The van der Waals surface area contributed by atoms with Crippen molar-refractivity contribution in [1.29, 1.82) is 0 Å². The van der Waals surface area contributed by atoms with Gasteiger partial charge in [0.25, 0.3) is 0 Å². The first-order chi connectivity index (χ1) is 10.5. The molecule has 0 radical (unpaired) electrons. The van der Waals surface area contributed by atoms with E-state index in [4.69, 9.17) is 16.3 Å². The van der Waals surface area contributed by atoms with E-state index in [0.717, 1.165) is 25.7 Å². The van der Waals surface area contributed by atoms with Crippen LogP contribution in [0.15, 0.2) is 18.2 Å². The second kappa shape index (κ2) is 9.46. The number of rotatable bonds is 8. The lowest BCUT2D eigenvalue weighted by Crippen LogP contribution is -2.22. The van der Waals surface area contributed by atoms with Crippen molar-refractivity contribution in [3.63, 3.8) is 0 Å². The van der Waals surface area contributed by atoms with Crippen molar-refractivity contribution in [3.8, 4) is 0 Å². The minimum atomic E-state index is -0.423. The Kier molecular flexibility index (Phi) is 7.96. The summed E-state index contributed by atoms with van der Waals surface area (Å²) in [6.07, 6.45) is 3.71. The van der Waals surface area contributed by atoms with Gasteiger partial charge in [-0.25, -0.2) is 4.79 Å². The molecule has 0 saturated heterocycles. The van der Waals surface area contributed by atoms with Crippen LogP contribution in [-0.2, 0) is 9.53 Å². The summed E-state index contributed by atoms with van der Waals surface area (Å²) >= 11 is 6.11. The van der Waals surface area contributed by atoms with Gasteiger partial charge in [-0.3, -0.25) is 4.79 Å². The highest BCUT2D eigenvalue weighted by molar-refractivity contribution is 6.33. The summed E-state index contributed by atoms with van der Waals surface area (Å²) < 4.78 is 4.95. The summed E-state index contributed by atoms with van der Waals surface area (Å²) in [6.45, 7) is 6.15. The SMILES string of the molecule is CCCC[C@@H](CC)C(=O)Nc1cc(C(=O)OCC)ccc1Cl. The van der Waals surface area contributed by atoms with E-state index in [2.05, 4.69) is 12.2 Å². The number of halogens is 1. The molecule has 5 heteroatoms. The van der Waals surface area contributed by atoms with Crippen molar-refractivity contribution in [3.05, 3.63) is 28.8 Å². The van der Waals surface area contributed by atoms with E-state index in [-0.39, 0.29) is 11.8 Å². The summed E-state index contributed by atoms with van der Waals surface area (Å²) in [5.74, 6) is -0.520. The summed E-state index contributed by atoms with van der Waals surface area (Å²) in [6, 6.07) is 4.74. The quantitative estimate of drug-likeness (QED) is 0.706. The second-order valence-corrected chi connectivity index (χ2v) is 5.56. The fourth-order valence-corrected chi connectivity index (χ4v) is 2.33. The van der Waals surface area contributed by atoms with Crippen LogP contribution in [0.5, 0.6) is 0 Å². The molecule has 1 amide bonds. The first-order valence-electron chi connectivity index (χ1n) is 7.80. The van der Waals surface area contributed by atoms with E-state index in [1.165, 1.54) is 0 Å². The number of ether oxygens (including phenoxy) is 1. The first kappa shape index (κ1) is 18.5.